The van der Waals surface area contributed by atoms with Crippen LogP contribution in [0.25, 0.3) is 0 Å². The summed E-state index contributed by atoms with van der Waals surface area (Å²) in [4.78, 5) is 12.3. The van der Waals surface area contributed by atoms with Crippen molar-refractivity contribution in [3.8, 4) is 0 Å². The largest absolute Gasteiger partial charge is 0.394 e. The lowest BCUT2D eigenvalue weighted by atomic mass is 10.1. The second-order valence-corrected chi connectivity index (χ2v) is 12.5. The van der Waals surface area contributed by atoms with Crippen molar-refractivity contribution in [1.29, 1.82) is 0 Å². The first-order chi connectivity index (χ1) is 21.5. The van der Waals surface area contributed by atoms with Crippen LogP contribution < -0.4 is 5.32 Å². The van der Waals surface area contributed by atoms with E-state index in [1.807, 2.05) is 6.08 Å². The molecule has 0 fully saturated rings. The summed E-state index contributed by atoms with van der Waals surface area (Å²) in [6.45, 7) is 4.12. The number of unbranched alkanes of at least 4 members (excludes halogenated alkanes) is 17. The van der Waals surface area contributed by atoms with Crippen molar-refractivity contribution < 1.29 is 20.1 Å². The number of carbonyl (C=O) groups excluding carboxylic acids is 1. The number of hydrogen-bond acceptors (Lipinski definition) is 4. The third kappa shape index (κ3) is 30.3. The summed E-state index contributed by atoms with van der Waals surface area (Å²) >= 11 is 0. The van der Waals surface area contributed by atoms with Crippen LogP contribution >= 0.6 is 0 Å². The highest BCUT2D eigenvalue weighted by Gasteiger charge is 2.20. The summed E-state index contributed by atoms with van der Waals surface area (Å²) in [6.07, 6.45) is 42.5. The fraction of sp³-hybridized carbons (Fsp3) is 0.769. The van der Waals surface area contributed by atoms with Crippen LogP contribution in [-0.4, -0.2) is 46.1 Å². The van der Waals surface area contributed by atoms with E-state index in [9.17, 15) is 20.1 Å². The summed E-state index contributed by atoms with van der Waals surface area (Å²) in [5.41, 5.74) is 0. The topological polar surface area (TPSA) is 89.8 Å². The molecular formula is C39H71NO4. The normalized spacial score (nSPS) is 14.4. The molecule has 1 amide bonds. The Hall–Kier alpha value is -1.69. The van der Waals surface area contributed by atoms with Crippen molar-refractivity contribution in [2.24, 2.45) is 0 Å². The molecule has 0 heterocycles. The molecule has 5 nitrogen and oxygen atoms in total. The summed E-state index contributed by atoms with van der Waals surface area (Å²) in [6, 6.07) is -0.770. The summed E-state index contributed by atoms with van der Waals surface area (Å²) < 4.78 is 0. The van der Waals surface area contributed by atoms with E-state index < -0.39 is 18.2 Å². The molecule has 5 heteroatoms. The van der Waals surface area contributed by atoms with Gasteiger partial charge in [-0.25, -0.2) is 0 Å². The Morgan fingerprint density at radius 3 is 1.52 bits per heavy atom. The number of aliphatic hydroxyl groups is 3. The molecule has 3 atom stereocenters. The van der Waals surface area contributed by atoms with Crippen LogP contribution in [0.2, 0.25) is 0 Å². The number of nitrogens with one attached hydrogen (secondary N) is 1. The highest BCUT2D eigenvalue weighted by molar-refractivity contribution is 5.76. The lowest BCUT2D eigenvalue weighted by Crippen LogP contribution is -2.45. The van der Waals surface area contributed by atoms with Crippen LogP contribution in [0.4, 0.5) is 0 Å². The maximum Gasteiger partial charge on any atom is 0.222 e. The van der Waals surface area contributed by atoms with Gasteiger partial charge in [-0.15, -0.1) is 0 Å². The molecule has 0 bridgehead atoms. The van der Waals surface area contributed by atoms with Gasteiger partial charge in [0.15, 0.2) is 0 Å². The Labute approximate surface area is 272 Å². The fourth-order valence-corrected chi connectivity index (χ4v) is 5.17. The highest BCUT2D eigenvalue weighted by Crippen LogP contribution is 2.12. The zero-order chi connectivity index (χ0) is 32.4. The third-order valence-corrected chi connectivity index (χ3v) is 8.07. The van der Waals surface area contributed by atoms with E-state index in [0.29, 0.717) is 6.42 Å². The number of hydrogen-bond donors (Lipinski definition) is 4. The number of carbonyl (C=O) groups is 1. The molecule has 0 rings (SSSR count). The Morgan fingerprint density at radius 1 is 0.568 bits per heavy atom. The molecular weight excluding hydrogens is 546 g/mol. The Balaban J connectivity index is 3.82. The Morgan fingerprint density at radius 2 is 1.00 bits per heavy atom. The van der Waals surface area contributed by atoms with Crippen molar-refractivity contribution >= 4 is 5.91 Å². The van der Waals surface area contributed by atoms with Crippen molar-refractivity contribution in [3.63, 3.8) is 0 Å². The van der Waals surface area contributed by atoms with Crippen LogP contribution in [0.3, 0.4) is 0 Å². The van der Waals surface area contributed by atoms with Crippen molar-refractivity contribution in [1.82, 2.24) is 5.32 Å². The van der Waals surface area contributed by atoms with E-state index in [4.69, 9.17) is 0 Å². The van der Waals surface area contributed by atoms with Gasteiger partial charge in [0, 0.05) is 0 Å². The highest BCUT2D eigenvalue weighted by atomic mass is 16.3. The van der Waals surface area contributed by atoms with Crippen molar-refractivity contribution in [2.75, 3.05) is 6.61 Å². The molecule has 256 valence electrons. The van der Waals surface area contributed by atoms with Crippen LogP contribution in [0.5, 0.6) is 0 Å². The molecule has 0 spiro atoms. The van der Waals surface area contributed by atoms with Gasteiger partial charge in [0.1, 0.15) is 0 Å². The molecule has 0 saturated heterocycles. The average molecular weight is 618 g/mol. The minimum atomic E-state index is -0.962. The zero-order valence-electron chi connectivity index (χ0n) is 28.8. The smallest absolute Gasteiger partial charge is 0.222 e. The maximum absolute atomic E-state index is 12.3. The standard InChI is InChI=1S/C39H71NO4/c1-3-5-7-9-11-13-14-15-16-17-18-19-20-21-22-23-25-27-29-31-33-38(43)37(35-41)40-39(44)34-36(42)32-30-28-26-24-12-10-8-6-4-2/h10,12,19-20,23,25,31,33,36-38,41-43H,3-9,11,13-18,21-22,24,26-30,32,34-35H2,1-2H3,(H,40,44)/b12-10-,20-19+,25-23+,33-31+. The molecule has 0 aliphatic carbocycles. The minimum Gasteiger partial charge on any atom is -0.394 e. The maximum atomic E-state index is 12.3. The van der Waals surface area contributed by atoms with Gasteiger partial charge in [-0.2, -0.15) is 0 Å². The molecule has 0 aliphatic heterocycles. The van der Waals surface area contributed by atoms with Gasteiger partial charge >= 0.3 is 0 Å². The summed E-state index contributed by atoms with van der Waals surface area (Å²) in [5.74, 6) is -0.344. The third-order valence-electron chi connectivity index (χ3n) is 8.07. The predicted molar refractivity (Wildman–Crippen MR) is 190 cm³/mol. The first kappa shape index (κ1) is 42.3. The van der Waals surface area contributed by atoms with E-state index in [0.717, 1.165) is 57.8 Å². The van der Waals surface area contributed by atoms with E-state index in [1.54, 1.807) is 6.08 Å². The Bertz CT molecular complexity index is 730. The molecule has 0 aliphatic rings. The predicted octanol–water partition coefficient (Wildman–Crippen LogP) is 9.81. The molecule has 3 unspecified atom stereocenters. The van der Waals surface area contributed by atoms with Gasteiger partial charge in [0.2, 0.25) is 5.91 Å². The number of rotatable bonds is 32. The number of amides is 1. The van der Waals surface area contributed by atoms with E-state index in [-0.39, 0.29) is 18.9 Å². The summed E-state index contributed by atoms with van der Waals surface area (Å²) in [5, 5.41) is 32.9. The zero-order valence-corrected chi connectivity index (χ0v) is 28.8. The van der Waals surface area contributed by atoms with Gasteiger partial charge in [-0.1, -0.05) is 146 Å². The average Bonchev–Trinajstić information content (AvgIpc) is 3.01. The van der Waals surface area contributed by atoms with Crippen molar-refractivity contribution in [2.45, 2.75) is 186 Å². The van der Waals surface area contributed by atoms with Crippen LogP contribution in [0.1, 0.15) is 168 Å². The van der Waals surface area contributed by atoms with E-state index in [1.165, 1.54) is 83.5 Å². The molecule has 0 aromatic heterocycles. The van der Waals surface area contributed by atoms with Crippen LogP contribution in [0, 0.1) is 0 Å². The second-order valence-electron chi connectivity index (χ2n) is 12.5. The van der Waals surface area contributed by atoms with Gasteiger partial charge < -0.3 is 20.6 Å². The van der Waals surface area contributed by atoms with Crippen molar-refractivity contribution in [3.05, 3.63) is 48.6 Å². The SMILES string of the molecule is CCCC/C=C\CCCCCC(O)CC(=O)NC(CO)C(O)/C=C/CC/C=C/CC/C=C/CCCCCCCCCCCC. The van der Waals surface area contributed by atoms with E-state index >= 15 is 0 Å². The summed E-state index contributed by atoms with van der Waals surface area (Å²) in [7, 11) is 0. The van der Waals surface area contributed by atoms with Gasteiger partial charge in [-0.3, -0.25) is 4.79 Å². The van der Waals surface area contributed by atoms with Gasteiger partial charge in [0.25, 0.3) is 0 Å². The van der Waals surface area contributed by atoms with Crippen LogP contribution in [0.15, 0.2) is 48.6 Å². The second kappa shape index (κ2) is 34.2. The first-order valence-corrected chi connectivity index (χ1v) is 18.4. The molecule has 0 saturated carbocycles. The quantitative estimate of drug-likeness (QED) is 0.0447. The van der Waals surface area contributed by atoms with Gasteiger partial charge in [0.05, 0.1) is 31.3 Å². The lowest BCUT2D eigenvalue weighted by molar-refractivity contribution is -0.124. The van der Waals surface area contributed by atoms with E-state index in [2.05, 4.69) is 55.6 Å². The minimum absolute atomic E-state index is 0.0108. The first-order valence-electron chi connectivity index (χ1n) is 18.4. The molecule has 44 heavy (non-hydrogen) atoms. The molecule has 4 N–H and O–H groups in total. The van der Waals surface area contributed by atoms with Crippen LogP contribution in [-0.2, 0) is 4.79 Å². The molecule has 0 aromatic rings. The molecule has 0 aromatic carbocycles. The monoisotopic (exact) mass is 618 g/mol. The number of allylic oxidation sites excluding steroid dienone is 7. The van der Waals surface area contributed by atoms with Gasteiger partial charge in [-0.05, 0) is 64.2 Å². The molecule has 0 radical (unpaired) electrons. The Kier molecular flexibility index (Phi) is 32.9. The number of aliphatic hydroxyl groups excluding tert-OH is 3. The fourth-order valence-electron chi connectivity index (χ4n) is 5.17. The lowest BCUT2D eigenvalue weighted by Gasteiger charge is -2.20.